The Morgan fingerprint density at radius 1 is 0.639 bits per heavy atom. The fourth-order valence-electron chi connectivity index (χ4n) is 5.39. The van der Waals surface area contributed by atoms with Gasteiger partial charge in [-0.05, 0) is 92.2 Å². The van der Waals surface area contributed by atoms with Crippen molar-refractivity contribution in [3.05, 3.63) is 0 Å². The van der Waals surface area contributed by atoms with Crippen LogP contribution in [0.5, 0.6) is 0 Å². The van der Waals surface area contributed by atoms with Crippen molar-refractivity contribution in [3.63, 3.8) is 0 Å². The van der Waals surface area contributed by atoms with E-state index in [2.05, 4.69) is 10.6 Å². The van der Waals surface area contributed by atoms with Crippen LogP contribution in [-0.2, 0) is 9.47 Å². The molecule has 4 aliphatic heterocycles. The number of nitrogens with zero attached hydrogens (tertiary/aromatic N) is 2. The van der Waals surface area contributed by atoms with E-state index >= 15 is 0 Å². The lowest BCUT2D eigenvalue weighted by atomic mass is 10.0. The molecule has 4 heterocycles. The summed E-state index contributed by atoms with van der Waals surface area (Å²) in [5, 5.41) is 6.90. The Labute approximate surface area is 230 Å². The molecule has 212 valence electrons. The maximum Gasteiger partial charge on any atom is 0.410 e. The summed E-state index contributed by atoms with van der Waals surface area (Å²) in [5.74, 6) is 1.19. The van der Waals surface area contributed by atoms with Crippen LogP contribution in [0.25, 0.3) is 0 Å². The number of halogens is 2. The molecule has 0 saturated carbocycles. The highest BCUT2D eigenvalue weighted by atomic mass is 35.5. The van der Waals surface area contributed by atoms with Gasteiger partial charge in [-0.15, -0.1) is 24.8 Å². The van der Waals surface area contributed by atoms with Crippen molar-refractivity contribution in [2.75, 3.05) is 39.3 Å². The van der Waals surface area contributed by atoms with Gasteiger partial charge < -0.3 is 29.9 Å². The molecule has 0 radical (unpaired) electrons. The van der Waals surface area contributed by atoms with Gasteiger partial charge in [0, 0.05) is 38.3 Å². The SMILES string of the molecule is CC(C)(C)OC(=O)N1C[C@@H]2CCC[C@H]1CNC2.CC(C)(C)OC(=O)N1C[C@H]2CCC[C@@H]1CNC2.Cl.Cl. The highest BCUT2D eigenvalue weighted by molar-refractivity contribution is 5.85. The number of ether oxygens (including phenoxy) is 2. The zero-order valence-electron chi connectivity index (χ0n) is 23.1. The van der Waals surface area contributed by atoms with E-state index in [4.69, 9.17) is 9.47 Å². The summed E-state index contributed by atoms with van der Waals surface area (Å²) in [7, 11) is 0. The van der Waals surface area contributed by atoms with E-state index < -0.39 is 11.2 Å². The van der Waals surface area contributed by atoms with E-state index in [0.717, 1.165) is 52.1 Å². The Balaban J connectivity index is 0.000000341. The maximum atomic E-state index is 12.2. The first-order valence-electron chi connectivity index (χ1n) is 13.3. The van der Waals surface area contributed by atoms with Crippen molar-refractivity contribution in [1.82, 2.24) is 20.4 Å². The molecule has 2 amide bonds. The predicted octanol–water partition coefficient (Wildman–Crippen LogP) is 4.83. The normalized spacial score (nSPS) is 28.1. The first-order chi connectivity index (χ1) is 15.9. The Bertz CT molecular complexity index is 620. The molecular weight excluding hydrogens is 503 g/mol. The first kappa shape index (κ1) is 33.1. The molecule has 8 nitrogen and oxygen atoms in total. The summed E-state index contributed by atoms with van der Waals surface area (Å²) in [5.41, 5.74) is -0.796. The standard InChI is InChI=1S/2C13H24N2O2.2ClH/c2*1-13(2,3)17-12(16)15-9-10-5-4-6-11(15)8-14-7-10;;/h2*10-11,14H,4-9H2,1-3H3;2*1H/t2*10-,11+;;/m10../s1. The number of nitrogens with one attached hydrogen (secondary N) is 2. The van der Waals surface area contributed by atoms with Crippen molar-refractivity contribution >= 4 is 37.0 Å². The van der Waals surface area contributed by atoms with Gasteiger partial charge in [-0.1, -0.05) is 12.8 Å². The molecule has 4 fully saturated rings. The van der Waals surface area contributed by atoms with Crippen LogP contribution < -0.4 is 10.6 Å². The lowest BCUT2D eigenvalue weighted by Gasteiger charge is -2.31. The number of hydrogen-bond donors (Lipinski definition) is 2. The summed E-state index contributed by atoms with van der Waals surface area (Å²) in [6.45, 7) is 17.1. The molecule has 4 bridgehead atoms. The summed E-state index contributed by atoms with van der Waals surface area (Å²) in [4.78, 5) is 28.3. The zero-order chi connectivity index (χ0) is 24.9. The second kappa shape index (κ2) is 14.3. The molecule has 0 aromatic rings. The van der Waals surface area contributed by atoms with Gasteiger partial charge in [-0.2, -0.15) is 0 Å². The number of carbonyl (C=O) groups is 2. The van der Waals surface area contributed by atoms with Crippen LogP contribution in [0, 0.1) is 11.8 Å². The molecule has 4 rings (SSSR count). The topological polar surface area (TPSA) is 83.1 Å². The van der Waals surface area contributed by atoms with E-state index in [0.29, 0.717) is 23.9 Å². The summed E-state index contributed by atoms with van der Waals surface area (Å²) >= 11 is 0. The first-order valence-corrected chi connectivity index (χ1v) is 13.3. The van der Waals surface area contributed by atoms with E-state index in [1.165, 1.54) is 25.7 Å². The average molecular weight is 554 g/mol. The van der Waals surface area contributed by atoms with Gasteiger partial charge in [-0.3, -0.25) is 0 Å². The van der Waals surface area contributed by atoms with Crippen LogP contribution in [0.4, 0.5) is 9.59 Å². The van der Waals surface area contributed by atoms with E-state index in [9.17, 15) is 9.59 Å². The zero-order valence-corrected chi connectivity index (χ0v) is 24.8. The van der Waals surface area contributed by atoms with Gasteiger partial charge >= 0.3 is 12.2 Å². The Hall–Kier alpha value is -0.960. The van der Waals surface area contributed by atoms with E-state index in [1.54, 1.807) is 0 Å². The molecule has 4 aliphatic rings. The molecule has 2 N–H and O–H groups in total. The summed E-state index contributed by atoms with van der Waals surface area (Å²) in [6.07, 6.45) is 6.83. The van der Waals surface area contributed by atoms with Gasteiger partial charge in [0.2, 0.25) is 0 Å². The quantitative estimate of drug-likeness (QED) is 0.447. The molecule has 0 unspecified atom stereocenters. The molecule has 0 aromatic carbocycles. The number of amides is 2. The van der Waals surface area contributed by atoms with Crippen LogP contribution in [0.1, 0.15) is 80.1 Å². The van der Waals surface area contributed by atoms with Gasteiger partial charge in [-0.25, -0.2) is 9.59 Å². The third-order valence-corrected chi connectivity index (χ3v) is 6.97. The van der Waals surface area contributed by atoms with Gasteiger partial charge in [0.05, 0.1) is 0 Å². The second-order valence-corrected chi connectivity index (χ2v) is 12.5. The minimum Gasteiger partial charge on any atom is -0.444 e. The molecule has 0 spiro atoms. The molecular formula is C26H50Cl2N4O4. The van der Waals surface area contributed by atoms with Gasteiger partial charge in [0.15, 0.2) is 0 Å². The number of fused-ring (bicyclic) bond motifs is 6. The minimum atomic E-state index is -0.398. The third-order valence-electron chi connectivity index (χ3n) is 6.97. The van der Waals surface area contributed by atoms with Crippen LogP contribution in [0.2, 0.25) is 0 Å². The fourth-order valence-corrected chi connectivity index (χ4v) is 5.39. The Morgan fingerprint density at radius 2 is 1.00 bits per heavy atom. The predicted molar refractivity (Wildman–Crippen MR) is 148 cm³/mol. The van der Waals surface area contributed by atoms with Crippen molar-refractivity contribution in [3.8, 4) is 0 Å². The number of rotatable bonds is 0. The maximum absolute atomic E-state index is 12.2. The van der Waals surface area contributed by atoms with Crippen LogP contribution >= 0.6 is 24.8 Å². The summed E-state index contributed by atoms with van der Waals surface area (Å²) in [6, 6.07) is 0.634. The van der Waals surface area contributed by atoms with Crippen molar-refractivity contribution in [1.29, 1.82) is 0 Å². The van der Waals surface area contributed by atoms with Crippen molar-refractivity contribution in [2.24, 2.45) is 11.8 Å². The van der Waals surface area contributed by atoms with E-state index in [1.807, 2.05) is 51.3 Å². The highest BCUT2D eigenvalue weighted by Crippen LogP contribution is 2.26. The lowest BCUT2D eigenvalue weighted by Crippen LogP contribution is -2.45. The van der Waals surface area contributed by atoms with Crippen LogP contribution in [-0.4, -0.2) is 84.5 Å². The molecule has 0 aliphatic carbocycles. The second-order valence-electron chi connectivity index (χ2n) is 12.5. The van der Waals surface area contributed by atoms with Crippen LogP contribution in [0.15, 0.2) is 0 Å². The third kappa shape index (κ3) is 10.4. The van der Waals surface area contributed by atoms with Crippen LogP contribution in [0.3, 0.4) is 0 Å². The largest absolute Gasteiger partial charge is 0.444 e. The minimum absolute atomic E-state index is 0. The molecule has 4 saturated heterocycles. The van der Waals surface area contributed by atoms with Gasteiger partial charge in [0.1, 0.15) is 11.2 Å². The molecule has 0 aromatic heterocycles. The van der Waals surface area contributed by atoms with E-state index in [-0.39, 0.29) is 37.0 Å². The van der Waals surface area contributed by atoms with Crippen molar-refractivity contribution in [2.45, 2.75) is 103 Å². The molecule has 36 heavy (non-hydrogen) atoms. The fraction of sp³-hybridized carbons (Fsp3) is 0.923. The van der Waals surface area contributed by atoms with Gasteiger partial charge in [0.25, 0.3) is 0 Å². The Kier molecular flexibility index (Phi) is 13.1. The lowest BCUT2D eigenvalue weighted by molar-refractivity contribution is 0.0155. The van der Waals surface area contributed by atoms with Crippen molar-refractivity contribution < 1.29 is 19.1 Å². The highest BCUT2D eigenvalue weighted by Gasteiger charge is 2.35. The molecule has 10 heteroatoms. The number of hydrogen-bond acceptors (Lipinski definition) is 6. The smallest absolute Gasteiger partial charge is 0.410 e. The number of carbonyl (C=O) groups excluding carboxylic acids is 2. The summed E-state index contributed by atoms with van der Waals surface area (Å²) < 4.78 is 11.0. The Morgan fingerprint density at radius 3 is 1.33 bits per heavy atom. The average Bonchev–Trinajstić information content (AvgIpc) is 3.15. The molecule has 4 atom stereocenters. The monoisotopic (exact) mass is 552 g/mol.